The average molecular weight is 276 g/mol. The first kappa shape index (κ1) is 14.3. The summed E-state index contributed by atoms with van der Waals surface area (Å²) in [5, 5.41) is 0. The van der Waals surface area contributed by atoms with Gasteiger partial charge in [0.25, 0.3) is 0 Å². The summed E-state index contributed by atoms with van der Waals surface area (Å²) in [4.78, 5) is 25.7. The molecule has 0 heterocycles. The topological polar surface area (TPSA) is 34.1 Å². The summed E-state index contributed by atoms with van der Waals surface area (Å²) in [5.41, 5.74) is -0.330. The van der Waals surface area contributed by atoms with Gasteiger partial charge in [0.2, 0.25) is 0 Å². The van der Waals surface area contributed by atoms with Gasteiger partial charge in [-0.25, -0.2) is 0 Å². The van der Waals surface area contributed by atoms with Gasteiger partial charge in [0.1, 0.15) is 11.6 Å². The first-order valence-electron chi connectivity index (χ1n) is 8.29. The van der Waals surface area contributed by atoms with Crippen molar-refractivity contribution in [1.29, 1.82) is 0 Å². The molecule has 2 heteroatoms. The molecule has 3 fully saturated rings. The normalized spacial score (nSPS) is 47.6. The minimum atomic E-state index is -0.262. The van der Waals surface area contributed by atoms with E-state index in [9.17, 15) is 9.59 Å². The Bertz CT molecular complexity index is 464. The van der Waals surface area contributed by atoms with Crippen molar-refractivity contribution in [1.82, 2.24) is 0 Å². The average Bonchev–Trinajstić information content (AvgIpc) is 2.32. The van der Waals surface area contributed by atoms with Crippen molar-refractivity contribution >= 4 is 11.6 Å². The van der Waals surface area contributed by atoms with Gasteiger partial charge < -0.3 is 0 Å². The molecule has 0 amide bonds. The molecule has 0 unspecified atom stereocenters. The van der Waals surface area contributed by atoms with Crippen LogP contribution >= 0.6 is 0 Å². The van der Waals surface area contributed by atoms with E-state index in [1.165, 1.54) is 0 Å². The van der Waals surface area contributed by atoms with Crippen LogP contribution < -0.4 is 0 Å². The quantitative estimate of drug-likeness (QED) is 0.665. The fourth-order valence-corrected chi connectivity index (χ4v) is 6.15. The summed E-state index contributed by atoms with van der Waals surface area (Å²) < 4.78 is 0. The summed E-state index contributed by atoms with van der Waals surface area (Å²) in [6.45, 7) is 8.93. The van der Waals surface area contributed by atoms with E-state index in [-0.39, 0.29) is 22.2 Å². The van der Waals surface area contributed by atoms with Crippen LogP contribution in [0.25, 0.3) is 0 Å². The van der Waals surface area contributed by atoms with Crippen molar-refractivity contribution in [3.05, 3.63) is 0 Å². The van der Waals surface area contributed by atoms with Gasteiger partial charge in [-0.15, -0.1) is 0 Å². The lowest BCUT2D eigenvalue weighted by atomic mass is 9.38. The maximum Gasteiger partial charge on any atom is 0.139 e. The van der Waals surface area contributed by atoms with Gasteiger partial charge in [-0.05, 0) is 42.4 Å². The second-order valence-electron chi connectivity index (χ2n) is 8.58. The van der Waals surface area contributed by atoms with Crippen LogP contribution in [0.1, 0.15) is 72.6 Å². The number of fused-ring (bicyclic) bond motifs is 3. The number of carbonyl (C=O) groups is 2. The smallest absolute Gasteiger partial charge is 0.139 e. The zero-order valence-corrected chi connectivity index (χ0v) is 13.4. The second-order valence-corrected chi connectivity index (χ2v) is 8.58. The highest BCUT2D eigenvalue weighted by atomic mass is 16.1. The lowest BCUT2D eigenvalue weighted by Crippen LogP contribution is -2.64. The third-order valence-electron chi connectivity index (χ3n) is 7.24. The fourth-order valence-electron chi connectivity index (χ4n) is 6.15. The van der Waals surface area contributed by atoms with E-state index in [0.29, 0.717) is 23.9 Å². The van der Waals surface area contributed by atoms with Crippen LogP contribution in [0.4, 0.5) is 0 Å². The number of Topliss-reactive ketones (excluding diaryl/α,β-unsaturated/α-hetero) is 2. The van der Waals surface area contributed by atoms with Gasteiger partial charge in [0.15, 0.2) is 0 Å². The standard InChI is InChI=1S/C18H28O2/c1-16(2)9-6-10-17(3)15(16)13(19)11-12-7-5-8-14(20)18(12,17)4/h12,15H,5-11H2,1-4H3/t12-,15-,17-,18+/m1/s1. The van der Waals surface area contributed by atoms with Gasteiger partial charge >= 0.3 is 0 Å². The van der Waals surface area contributed by atoms with E-state index in [4.69, 9.17) is 0 Å². The third kappa shape index (κ3) is 1.57. The zero-order chi connectivity index (χ0) is 14.8. The van der Waals surface area contributed by atoms with Crippen molar-refractivity contribution in [2.45, 2.75) is 72.6 Å². The lowest BCUT2D eigenvalue weighted by molar-refractivity contribution is -0.183. The highest BCUT2D eigenvalue weighted by molar-refractivity contribution is 5.92. The molecule has 20 heavy (non-hydrogen) atoms. The second kappa shape index (κ2) is 4.18. The molecule has 0 aromatic heterocycles. The molecule has 0 aromatic rings. The predicted octanol–water partition coefficient (Wildman–Crippen LogP) is 4.17. The fraction of sp³-hybridized carbons (Fsp3) is 0.889. The first-order valence-corrected chi connectivity index (χ1v) is 8.29. The Labute approximate surface area is 122 Å². The van der Waals surface area contributed by atoms with Crippen LogP contribution in [0.2, 0.25) is 0 Å². The highest BCUT2D eigenvalue weighted by Crippen LogP contribution is 2.67. The summed E-state index contributed by atoms with van der Waals surface area (Å²) >= 11 is 0. The number of hydrogen-bond donors (Lipinski definition) is 0. The molecule has 2 nitrogen and oxygen atoms in total. The molecule has 0 aliphatic heterocycles. The lowest BCUT2D eigenvalue weighted by Gasteiger charge is -2.63. The molecule has 3 saturated carbocycles. The van der Waals surface area contributed by atoms with Gasteiger partial charge in [0, 0.05) is 24.2 Å². The van der Waals surface area contributed by atoms with E-state index in [1.54, 1.807) is 0 Å². The third-order valence-corrected chi connectivity index (χ3v) is 7.24. The van der Waals surface area contributed by atoms with Crippen molar-refractivity contribution in [2.24, 2.45) is 28.1 Å². The summed E-state index contributed by atoms with van der Waals surface area (Å²) in [6, 6.07) is 0. The van der Waals surface area contributed by atoms with Crippen LogP contribution in [-0.4, -0.2) is 11.6 Å². The molecule has 0 aromatic carbocycles. The van der Waals surface area contributed by atoms with E-state index in [1.807, 2.05) is 0 Å². The Morgan fingerprint density at radius 1 is 1.00 bits per heavy atom. The van der Waals surface area contributed by atoms with Crippen LogP contribution in [0.5, 0.6) is 0 Å². The summed E-state index contributed by atoms with van der Waals surface area (Å²) in [6.07, 6.45) is 6.74. The SMILES string of the molecule is CC1(C)CCC[C@]2(C)[C@@H]1C(=O)C[C@H]1CCCC(=O)[C@]12C. The van der Waals surface area contributed by atoms with Crippen LogP contribution in [0.3, 0.4) is 0 Å². The molecular weight excluding hydrogens is 248 g/mol. The predicted molar refractivity (Wildman–Crippen MR) is 79.3 cm³/mol. The Hall–Kier alpha value is -0.660. The molecule has 0 N–H and O–H groups in total. The van der Waals surface area contributed by atoms with Crippen molar-refractivity contribution in [3.8, 4) is 0 Å². The number of hydrogen-bond acceptors (Lipinski definition) is 2. The maximum atomic E-state index is 12.8. The van der Waals surface area contributed by atoms with Gasteiger partial charge in [0.05, 0.1) is 0 Å². The molecule has 3 aliphatic carbocycles. The van der Waals surface area contributed by atoms with E-state index >= 15 is 0 Å². The van der Waals surface area contributed by atoms with E-state index in [0.717, 1.165) is 38.5 Å². The zero-order valence-electron chi connectivity index (χ0n) is 13.4. The van der Waals surface area contributed by atoms with Crippen LogP contribution in [0, 0.1) is 28.1 Å². The Kier molecular flexibility index (Phi) is 2.98. The van der Waals surface area contributed by atoms with E-state index < -0.39 is 0 Å². The maximum absolute atomic E-state index is 12.8. The van der Waals surface area contributed by atoms with E-state index in [2.05, 4.69) is 27.7 Å². The molecule has 3 aliphatic rings. The molecule has 0 spiro atoms. The Balaban J connectivity index is 2.14. The minimum absolute atomic E-state index is 0.0514. The molecule has 112 valence electrons. The van der Waals surface area contributed by atoms with Crippen LogP contribution in [-0.2, 0) is 9.59 Å². The molecule has 0 radical (unpaired) electrons. The number of carbonyl (C=O) groups excluding carboxylic acids is 2. The number of ketones is 2. The van der Waals surface area contributed by atoms with Crippen molar-refractivity contribution in [2.75, 3.05) is 0 Å². The molecule has 4 atom stereocenters. The Morgan fingerprint density at radius 3 is 2.40 bits per heavy atom. The molecule has 0 saturated heterocycles. The highest BCUT2D eigenvalue weighted by Gasteiger charge is 2.66. The van der Waals surface area contributed by atoms with Gasteiger partial charge in [-0.1, -0.05) is 34.1 Å². The Morgan fingerprint density at radius 2 is 1.70 bits per heavy atom. The molecule has 3 rings (SSSR count). The number of rotatable bonds is 0. The van der Waals surface area contributed by atoms with Crippen molar-refractivity contribution in [3.63, 3.8) is 0 Å². The first-order chi connectivity index (χ1) is 9.23. The summed E-state index contributed by atoms with van der Waals surface area (Å²) in [5.74, 6) is 1.25. The largest absolute Gasteiger partial charge is 0.299 e. The molecular formula is C18H28O2. The van der Waals surface area contributed by atoms with Gasteiger partial charge in [-0.2, -0.15) is 0 Å². The monoisotopic (exact) mass is 276 g/mol. The van der Waals surface area contributed by atoms with Crippen molar-refractivity contribution < 1.29 is 9.59 Å². The van der Waals surface area contributed by atoms with Gasteiger partial charge in [-0.3, -0.25) is 9.59 Å². The minimum Gasteiger partial charge on any atom is -0.299 e. The molecule has 0 bridgehead atoms. The summed E-state index contributed by atoms with van der Waals surface area (Å²) in [7, 11) is 0. The van der Waals surface area contributed by atoms with Crippen LogP contribution in [0.15, 0.2) is 0 Å².